The standard InChI is InChI=1S/C19H14ClF3N2/c20-15-6-2-7-16-14(15)11-24-18(17-8-3-9-25(16)17)12-4-1-5-13(10-12)19(21,22)23/h1-10,18,24H,11H2. The zero-order chi connectivity index (χ0) is 17.6. The Labute approximate surface area is 147 Å². The first-order valence-electron chi connectivity index (χ1n) is 7.81. The Morgan fingerprint density at radius 2 is 1.84 bits per heavy atom. The van der Waals surface area contributed by atoms with E-state index in [1.807, 2.05) is 41.1 Å². The molecule has 6 heteroatoms. The molecule has 4 rings (SSSR count). The Kier molecular flexibility index (Phi) is 3.85. The minimum absolute atomic E-state index is 0.360. The average molecular weight is 363 g/mol. The summed E-state index contributed by atoms with van der Waals surface area (Å²) in [6, 6.07) is 14.5. The Balaban J connectivity index is 1.84. The largest absolute Gasteiger partial charge is 0.416 e. The molecule has 0 saturated heterocycles. The van der Waals surface area contributed by atoms with Gasteiger partial charge in [0.2, 0.25) is 0 Å². The van der Waals surface area contributed by atoms with Crippen LogP contribution in [0.1, 0.15) is 28.4 Å². The van der Waals surface area contributed by atoms with E-state index in [1.165, 1.54) is 12.1 Å². The van der Waals surface area contributed by atoms with Crippen LogP contribution in [-0.2, 0) is 12.7 Å². The average Bonchev–Trinajstić information content (AvgIpc) is 2.99. The molecule has 0 aliphatic carbocycles. The van der Waals surface area contributed by atoms with E-state index in [0.29, 0.717) is 17.1 Å². The minimum atomic E-state index is -4.37. The highest BCUT2D eigenvalue weighted by atomic mass is 35.5. The molecular weight excluding hydrogens is 349 g/mol. The van der Waals surface area contributed by atoms with Crippen LogP contribution in [-0.4, -0.2) is 4.57 Å². The fraction of sp³-hybridized carbons (Fsp3) is 0.158. The van der Waals surface area contributed by atoms with Crippen molar-refractivity contribution in [1.82, 2.24) is 9.88 Å². The van der Waals surface area contributed by atoms with E-state index in [-0.39, 0.29) is 6.04 Å². The topological polar surface area (TPSA) is 17.0 Å². The van der Waals surface area contributed by atoms with Crippen LogP contribution in [0.5, 0.6) is 0 Å². The molecule has 0 fully saturated rings. The lowest BCUT2D eigenvalue weighted by Gasteiger charge is -2.19. The summed E-state index contributed by atoms with van der Waals surface area (Å²) >= 11 is 6.32. The molecule has 0 saturated carbocycles. The van der Waals surface area contributed by atoms with Gasteiger partial charge in [-0.25, -0.2) is 0 Å². The molecule has 1 aliphatic rings. The zero-order valence-electron chi connectivity index (χ0n) is 13.0. The monoisotopic (exact) mass is 362 g/mol. The predicted molar refractivity (Wildman–Crippen MR) is 90.9 cm³/mol. The van der Waals surface area contributed by atoms with E-state index in [9.17, 15) is 13.2 Å². The van der Waals surface area contributed by atoms with Crippen LogP contribution in [0, 0.1) is 0 Å². The quantitative estimate of drug-likeness (QED) is 0.618. The van der Waals surface area contributed by atoms with Crippen LogP contribution in [0.3, 0.4) is 0 Å². The second-order valence-corrected chi connectivity index (χ2v) is 6.38. The van der Waals surface area contributed by atoms with E-state index < -0.39 is 11.7 Å². The van der Waals surface area contributed by atoms with Gasteiger partial charge in [0.15, 0.2) is 0 Å². The molecule has 1 aromatic heterocycles. The van der Waals surface area contributed by atoms with Crippen molar-refractivity contribution >= 4 is 11.6 Å². The third kappa shape index (κ3) is 2.83. The molecule has 0 radical (unpaired) electrons. The van der Waals surface area contributed by atoms with E-state index >= 15 is 0 Å². The number of hydrogen-bond donors (Lipinski definition) is 1. The summed E-state index contributed by atoms with van der Waals surface area (Å²) in [5.41, 5.74) is 2.66. The van der Waals surface area contributed by atoms with Crippen LogP contribution in [0.2, 0.25) is 5.02 Å². The van der Waals surface area contributed by atoms with E-state index in [4.69, 9.17) is 11.6 Å². The summed E-state index contributed by atoms with van der Waals surface area (Å²) in [6.07, 6.45) is -2.47. The lowest BCUT2D eigenvalue weighted by Crippen LogP contribution is -2.22. The maximum Gasteiger partial charge on any atom is 0.416 e. The van der Waals surface area contributed by atoms with Crippen molar-refractivity contribution in [3.63, 3.8) is 0 Å². The highest BCUT2D eigenvalue weighted by molar-refractivity contribution is 6.31. The summed E-state index contributed by atoms with van der Waals surface area (Å²) in [6.45, 7) is 0.470. The van der Waals surface area contributed by atoms with Crippen molar-refractivity contribution in [2.75, 3.05) is 0 Å². The lowest BCUT2D eigenvalue weighted by atomic mass is 10.0. The number of halogens is 4. The van der Waals surface area contributed by atoms with E-state index in [1.54, 1.807) is 6.07 Å². The number of aromatic nitrogens is 1. The number of rotatable bonds is 1. The van der Waals surface area contributed by atoms with Gasteiger partial charge >= 0.3 is 6.18 Å². The number of nitrogens with zero attached hydrogens (tertiary/aromatic N) is 1. The van der Waals surface area contributed by atoms with Gasteiger partial charge in [-0.2, -0.15) is 13.2 Å². The minimum Gasteiger partial charge on any atom is -0.319 e. The Bertz CT molecular complexity index is 930. The van der Waals surface area contributed by atoms with Gasteiger partial charge in [0.05, 0.1) is 17.3 Å². The van der Waals surface area contributed by atoms with Crippen molar-refractivity contribution < 1.29 is 13.2 Å². The summed E-state index contributed by atoms with van der Waals surface area (Å²) in [4.78, 5) is 0. The third-order valence-corrected chi connectivity index (χ3v) is 4.81. The summed E-state index contributed by atoms with van der Waals surface area (Å²) < 4.78 is 41.2. The van der Waals surface area contributed by atoms with Gasteiger partial charge in [0.25, 0.3) is 0 Å². The van der Waals surface area contributed by atoms with Crippen molar-refractivity contribution in [2.24, 2.45) is 0 Å². The molecule has 128 valence electrons. The van der Waals surface area contributed by atoms with Crippen molar-refractivity contribution in [2.45, 2.75) is 18.8 Å². The van der Waals surface area contributed by atoms with Gasteiger partial charge in [0.1, 0.15) is 0 Å². The first-order valence-corrected chi connectivity index (χ1v) is 8.18. The Morgan fingerprint density at radius 1 is 1.04 bits per heavy atom. The zero-order valence-corrected chi connectivity index (χ0v) is 13.8. The number of benzene rings is 2. The summed E-state index contributed by atoms with van der Waals surface area (Å²) in [7, 11) is 0. The molecule has 3 aromatic rings. The molecule has 0 bridgehead atoms. The van der Waals surface area contributed by atoms with E-state index in [0.717, 1.165) is 23.0 Å². The van der Waals surface area contributed by atoms with Gasteiger partial charge in [-0.05, 0) is 42.0 Å². The first-order chi connectivity index (χ1) is 11.9. The van der Waals surface area contributed by atoms with Crippen LogP contribution >= 0.6 is 11.6 Å². The molecule has 1 atom stereocenters. The SMILES string of the molecule is FC(F)(F)c1cccc(C2NCc3c(Cl)cccc3-n3cccc32)c1. The van der Waals surface area contributed by atoms with Gasteiger partial charge < -0.3 is 9.88 Å². The molecule has 1 N–H and O–H groups in total. The second-order valence-electron chi connectivity index (χ2n) is 5.98. The van der Waals surface area contributed by atoms with Crippen LogP contribution < -0.4 is 5.32 Å². The van der Waals surface area contributed by atoms with Gasteiger partial charge in [-0.3, -0.25) is 0 Å². The third-order valence-electron chi connectivity index (χ3n) is 4.46. The van der Waals surface area contributed by atoms with E-state index in [2.05, 4.69) is 5.32 Å². The normalized spacial score (nSPS) is 16.9. The maximum absolute atomic E-state index is 13.1. The van der Waals surface area contributed by atoms with Gasteiger partial charge in [0, 0.05) is 29.0 Å². The lowest BCUT2D eigenvalue weighted by molar-refractivity contribution is -0.137. The van der Waals surface area contributed by atoms with Crippen molar-refractivity contribution in [3.8, 4) is 5.69 Å². The number of nitrogens with one attached hydrogen (secondary N) is 1. The smallest absolute Gasteiger partial charge is 0.319 e. The number of hydrogen-bond acceptors (Lipinski definition) is 1. The fourth-order valence-corrected chi connectivity index (χ4v) is 3.52. The first kappa shape index (κ1) is 16.2. The maximum atomic E-state index is 13.1. The number of alkyl halides is 3. The number of fused-ring (bicyclic) bond motifs is 3. The second kappa shape index (κ2) is 5.93. The molecule has 0 amide bonds. The van der Waals surface area contributed by atoms with Crippen LogP contribution in [0.15, 0.2) is 60.8 Å². The molecule has 2 heterocycles. The van der Waals surface area contributed by atoms with Gasteiger partial charge in [-0.15, -0.1) is 0 Å². The molecular formula is C19H14ClF3N2. The fourth-order valence-electron chi connectivity index (χ4n) is 3.29. The predicted octanol–water partition coefficient (Wildman–Crippen LogP) is 5.34. The molecule has 25 heavy (non-hydrogen) atoms. The molecule has 2 nitrogen and oxygen atoms in total. The van der Waals surface area contributed by atoms with Crippen LogP contribution in [0.25, 0.3) is 5.69 Å². The Morgan fingerprint density at radius 3 is 2.64 bits per heavy atom. The molecule has 0 spiro atoms. The molecule has 2 aromatic carbocycles. The van der Waals surface area contributed by atoms with Crippen molar-refractivity contribution in [3.05, 3.63) is 88.2 Å². The van der Waals surface area contributed by atoms with Crippen LogP contribution in [0.4, 0.5) is 13.2 Å². The molecule has 1 aliphatic heterocycles. The Hall–Kier alpha value is -2.24. The molecule has 1 unspecified atom stereocenters. The van der Waals surface area contributed by atoms with Crippen molar-refractivity contribution in [1.29, 1.82) is 0 Å². The summed E-state index contributed by atoms with van der Waals surface area (Å²) in [5.74, 6) is 0. The van der Waals surface area contributed by atoms with Gasteiger partial charge in [-0.1, -0.05) is 29.8 Å². The highest BCUT2D eigenvalue weighted by Crippen LogP contribution is 2.35. The highest BCUT2D eigenvalue weighted by Gasteiger charge is 2.32. The summed E-state index contributed by atoms with van der Waals surface area (Å²) in [5, 5.41) is 3.98.